The number of carboxylic acids is 1. The second-order valence-electron chi connectivity index (χ2n) is 5.55. The van der Waals surface area contributed by atoms with Crippen molar-refractivity contribution >= 4 is 24.4 Å². The van der Waals surface area contributed by atoms with Crippen molar-refractivity contribution in [1.82, 2.24) is 10.1 Å². The smallest absolute Gasteiger partial charge is 0.325 e. The zero-order chi connectivity index (χ0) is 17.2. The summed E-state index contributed by atoms with van der Waals surface area (Å²) in [6.45, 7) is 0. The molecule has 0 aliphatic heterocycles. The largest absolute Gasteiger partial charge is 0.480 e. The van der Waals surface area contributed by atoms with Crippen molar-refractivity contribution in [2.24, 2.45) is 0 Å². The average molecular weight is 344 g/mol. The fraction of sp³-hybridized carbons (Fsp3) is 0.118. The molecule has 0 saturated carbocycles. The SMILES string of the molecule is O=C(O)C(NP(=O)(O)Cc1cc2ccccc2[nH]1)c1ccccc1. The zero-order valence-electron chi connectivity index (χ0n) is 12.7. The van der Waals surface area contributed by atoms with Crippen LogP contribution in [0.2, 0.25) is 0 Å². The molecule has 0 spiro atoms. The maximum atomic E-state index is 12.5. The van der Waals surface area contributed by atoms with Crippen LogP contribution in [-0.2, 0) is 15.5 Å². The van der Waals surface area contributed by atoms with Gasteiger partial charge in [-0.2, -0.15) is 0 Å². The van der Waals surface area contributed by atoms with Gasteiger partial charge in [-0.1, -0.05) is 48.5 Å². The van der Waals surface area contributed by atoms with Gasteiger partial charge in [0.25, 0.3) is 7.52 Å². The lowest BCUT2D eigenvalue weighted by atomic mass is 10.1. The Kier molecular flexibility index (Phi) is 4.53. The molecular formula is C17H17N2O4P. The van der Waals surface area contributed by atoms with Crippen molar-refractivity contribution in [3.8, 4) is 0 Å². The predicted octanol–water partition coefficient (Wildman–Crippen LogP) is 3.27. The minimum atomic E-state index is -3.91. The van der Waals surface area contributed by atoms with Gasteiger partial charge in [-0.15, -0.1) is 0 Å². The van der Waals surface area contributed by atoms with E-state index >= 15 is 0 Å². The fourth-order valence-electron chi connectivity index (χ4n) is 2.61. The van der Waals surface area contributed by atoms with Gasteiger partial charge in [-0.05, 0) is 23.1 Å². The van der Waals surface area contributed by atoms with E-state index in [0.717, 1.165) is 10.9 Å². The number of rotatable bonds is 6. The summed E-state index contributed by atoms with van der Waals surface area (Å²) in [5.41, 5.74) is 1.87. The Bertz CT molecular complexity index is 874. The van der Waals surface area contributed by atoms with E-state index in [9.17, 15) is 19.4 Å². The number of carbonyl (C=O) groups is 1. The summed E-state index contributed by atoms with van der Waals surface area (Å²) in [5, 5.41) is 12.7. The number of fused-ring (bicyclic) bond motifs is 1. The molecule has 0 aliphatic carbocycles. The zero-order valence-corrected chi connectivity index (χ0v) is 13.6. The molecule has 7 heteroatoms. The highest BCUT2D eigenvalue weighted by atomic mass is 31.2. The van der Waals surface area contributed by atoms with Gasteiger partial charge in [0.1, 0.15) is 6.04 Å². The highest BCUT2D eigenvalue weighted by Gasteiger charge is 2.29. The van der Waals surface area contributed by atoms with Gasteiger partial charge in [-0.25, -0.2) is 5.09 Å². The molecule has 0 bridgehead atoms. The maximum Gasteiger partial charge on any atom is 0.325 e. The minimum absolute atomic E-state index is 0.182. The van der Waals surface area contributed by atoms with Gasteiger partial charge in [0, 0.05) is 11.2 Å². The van der Waals surface area contributed by atoms with Gasteiger partial charge in [0.05, 0.1) is 6.16 Å². The highest BCUT2D eigenvalue weighted by Crippen LogP contribution is 2.43. The van der Waals surface area contributed by atoms with E-state index in [1.807, 2.05) is 24.3 Å². The first-order chi connectivity index (χ1) is 11.4. The Labute approximate surface area is 138 Å². The molecule has 2 atom stereocenters. The summed E-state index contributed by atoms with van der Waals surface area (Å²) in [7, 11) is -3.91. The monoisotopic (exact) mass is 344 g/mol. The Hall–Kier alpha value is -2.40. The van der Waals surface area contributed by atoms with E-state index < -0.39 is 19.5 Å². The molecule has 3 aromatic rings. The minimum Gasteiger partial charge on any atom is -0.480 e. The Morgan fingerprint density at radius 2 is 1.79 bits per heavy atom. The molecule has 0 aliphatic rings. The predicted molar refractivity (Wildman–Crippen MR) is 91.8 cm³/mol. The van der Waals surface area contributed by atoms with Gasteiger partial charge in [-0.3, -0.25) is 9.36 Å². The van der Waals surface area contributed by atoms with Crippen LogP contribution in [0.25, 0.3) is 10.9 Å². The standard InChI is InChI=1S/C17H17N2O4P/c20-17(21)16(12-6-2-1-3-7-12)19-24(22,23)11-14-10-13-8-4-5-9-15(13)18-14/h1-10,16,18H,11H2,(H,20,21)(H2,19,22,23). The van der Waals surface area contributed by atoms with Gasteiger partial charge in [0.2, 0.25) is 0 Å². The van der Waals surface area contributed by atoms with Crippen LogP contribution in [-0.4, -0.2) is 21.0 Å². The lowest BCUT2D eigenvalue weighted by molar-refractivity contribution is -0.139. The van der Waals surface area contributed by atoms with Crippen LogP contribution >= 0.6 is 7.52 Å². The summed E-state index contributed by atoms with van der Waals surface area (Å²) in [5.74, 6) is -1.20. The number of aromatic amines is 1. The second-order valence-corrected chi connectivity index (χ2v) is 7.53. The average Bonchev–Trinajstić information content (AvgIpc) is 2.94. The molecule has 0 radical (unpaired) electrons. The number of nitrogens with one attached hydrogen (secondary N) is 2. The summed E-state index contributed by atoms with van der Waals surface area (Å²) in [6, 6.07) is 16.4. The fourth-order valence-corrected chi connectivity index (χ4v) is 4.00. The molecule has 124 valence electrons. The Morgan fingerprint density at radius 3 is 2.46 bits per heavy atom. The van der Waals surface area contributed by atoms with Gasteiger partial charge < -0.3 is 15.0 Å². The number of H-pyrrole nitrogens is 1. The number of hydrogen-bond donors (Lipinski definition) is 4. The van der Waals surface area contributed by atoms with E-state index in [1.165, 1.54) is 0 Å². The molecule has 2 aromatic carbocycles. The molecule has 1 aromatic heterocycles. The maximum absolute atomic E-state index is 12.5. The lowest BCUT2D eigenvalue weighted by Gasteiger charge is -2.19. The second kappa shape index (κ2) is 6.61. The molecule has 0 saturated heterocycles. The number of aromatic nitrogens is 1. The number of para-hydroxylation sites is 1. The molecule has 2 unspecified atom stereocenters. The van der Waals surface area contributed by atoms with Crippen molar-refractivity contribution in [1.29, 1.82) is 0 Å². The Balaban J connectivity index is 1.81. The Morgan fingerprint density at radius 1 is 1.12 bits per heavy atom. The highest BCUT2D eigenvalue weighted by molar-refractivity contribution is 7.55. The van der Waals surface area contributed by atoms with Crippen LogP contribution in [0.15, 0.2) is 60.7 Å². The molecule has 6 nitrogen and oxygen atoms in total. The molecule has 4 N–H and O–H groups in total. The molecular weight excluding hydrogens is 327 g/mol. The number of aliphatic carboxylic acids is 1. The molecule has 0 fully saturated rings. The first kappa shape index (κ1) is 16.5. The lowest BCUT2D eigenvalue weighted by Crippen LogP contribution is -2.26. The normalized spacial score (nSPS) is 15.0. The first-order valence-corrected chi connectivity index (χ1v) is 9.23. The number of carboxylic acid groups (broad SMARTS) is 1. The summed E-state index contributed by atoms with van der Waals surface area (Å²) >= 11 is 0. The van der Waals surface area contributed by atoms with Crippen molar-refractivity contribution in [2.75, 3.05) is 0 Å². The van der Waals surface area contributed by atoms with E-state index in [2.05, 4.69) is 10.1 Å². The topological polar surface area (TPSA) is 102 Å². The molecule has 1 heterocycles. The van der Waals surface area contributed by atoms with Crippen molar-refractivity contribution in [2.45, 2.75) is 12.2 Å². The van der Waals surface area contributed by atoms with Gasteiger partial charge in [0.15, 0.2) is 0 Å². The van der Waals surface area contributed by atoms with Crippen LogP contribution < -0.4 is 5.09 Å². The van der Waals surface area contributed by atoms with Crippen molar-refractivity contribution in [3.05, 3.63) is 71.9 Å². The van der Waals surface area contributed by atoms with Crippen LogP contribution in [0.4, 0.5) is 0 Å². The van der Waals surface area contributed by atoms with Crippen molar-refractivity contribution < 1.29 is 19.4 Å². The van der Waals surface area contributed by atoms with Crippen LogP contribution in [0.1, 0.15) is 17.3 Å². The summed E-state index contributed by atoms with van der Waals surface area (Å²) in [4.78, 5) is 24.8. The third kappa shape index (κ3) is 3.74. The summed E-state index contributed by atoms with van der Waals surface area (Å²) in [6.07, 6.45) is -0.182. The molecule has 0 amide bonds. The third-order valence-electron chi connectivity index (χ3n) is 3.68. The number of benzene rings is 2. The molecule has 24 heavy (non-hydrogen) atoms. The van der Waals surface area contributed by atoms with Crippen molar-refractivity contribution in [3.63, 3.8) is 0 Å². The van der Waals surface area contributed by atoms with Crippen LogP contribution in [0.3, 0.4) is 0 Å². The third-order valence-corrected chi connectivity index (χ3v) is 5.11. The van der Waals surface area contributed by atoms with E-state index in [1.54, 1.807) is 36.4 Å². The van der Waals surface area contributed by atoms with E-state index in [-0.39, 0.29) is 6.16 Å². The van der Waals surface area contributed by atoms with E-state index in [0.29, 0.717) is 11.3 Å². The van der Waals surface area contributed by atoms with Crippen LogP contribution in [0, 0.1) is 0 Å². The first-order valence-electron chi connectivity index (χ1n) is 7.39. The quantitative estimate of drug-likeness (QED) is 0.514. The number of hydrogen-bond acceptors (Lipinski definition) is 2. The summed E-state index contributed by atoms with van der Waals surface area (Å²) < 4.78 is 12.5. The van der Waals surface area contributed by atoms with E-state index in [4.69, 9.17) is 0 Å². The van der Waals surface area contributed by atoms with Gasteiger partial charge >= 0.3 is 5.97 Å². The van der Waals surface area contributed by atoms with Crippen LogP contribution in [0.5, 0.6) is 0 Å². The molecule has 3 rings (SSSR count).